The number of carbonyl (C=O) groups is 1. The van der Waals surface area contributed by atoms with Gasteiger partial charge in [0, 0.05) is 19.3 Å². The van der Waals surface area contributed by atoms with Crippen LogP contribution in [-0.4, -0.2) is 43.8 Å². The first-order valence-corrected chi connectivity index (χ1v) is 8.04. The van der Waals surface area contributed by atoms with Gasteiger partial charge in [0.15, 0.2) is 9.84 Å². The Hall–Kier alpha value is -1.30. The first-order chi connectivity index (χ1) is 8.55. The van der Waals surface area contributed by atoms with Gasteiger partial charge in [-0.05, 0) is 33.8 Å². The van der Waals surface area contributed by atoms with Crippen LogP contribution < -0.4 is 0 Å². The number of carbonyl (C=O) groups excluding carboxylic acids is 1. The molecule has 0 aromatic carbocycles. The van der Waals surface area contributed by atoms with Gasteiger partial charge < -0.3 is 9.32 Å². The molecule has 0 saturated heterocycles. The molecule has 0 aliphatic rings. The maximum atomic E-state index is 12.3. The van der Waals surface area contributed by atoms with Crippen molar-refractivity contribution < 1.29 is 17.6 Å². The van der Waals surface area contributed by atoms with E-state index >= 15 is 0 Å². The fraction of sp³-hybridized carbons (Fsp3) is 0.615. The molecule has 19 heavy (non-hydrogen) atoms. The van der Waals surface area contributed by atoms with Gasteiger partial charge in [-0.25, -0.2) is 8.42 Å². The summed E-state index contributed by atoms with van der Waals surface area (Å²) in [5, 5.41) is -0.616. The normalized spacial score (nSPS) is 15.1. The molecule has 0 N–H and O–H groups in total. The van der Waals surface area contributed by atoms with Crippen molar-refractivity contribution >= 4 is 15.7 Å². The summed E-state index contributed by atoms with van der Waals surface area (Å²) in [6.07, 6.45) is 1.18. The first kappa shape index (κ1) is 15.8. The van der Waals surface area contributed by atoms with Gasteiger partial charge in [0.2, 0.25) is 0 Å². The summed E-state index contributed by atoms with van der Waals surface area (Å²) < 4.78 is 28.4. The highest BCUT2D eigenvalue weighted by Crippen LogP contribution is 2.18. The van der Waals surface area contributed by atoms with E-state index in [4.69, 9.17) is 4.42 Å². The van der Waals surface area contributed by atoms with Crippen LogP contribution in [0.1, 0.15) is 35.7 Å². The van der Waals surface area contributed by atoms with E-state index in [1.54, 1.807) is 40.8 Å². The minimum atomic E-state index is -3.19. The number of hydrogen-bond acceptors (Lipinski definition) is 4. The van der Waals surface area contributed by atoms with Gasteiger partial charge in [-0.3, -0.25) is 4.79 Å². The number of hydrogen-bond donors (Lipinski definition) is 0. The minimum Gasteiger partial charge on any atom is -0.466 e. The second kappa shape index (κ2) is 5.36. The van der Waals surface area contributed by atoms with E-state index in [0.717, 1.165) is 0 Å². The number of furan rings is 1. The van der Waals surface area contributed by atoms with Gasteiger partial charge in [-0.2, -0.15) is 0 Å². The SMILES string of the molecule is Cc1cc(C(=O)N(C)[C@@H](C)[C@@H](C)S(C)(=O)=O)c(C)o1. The molecule has 0 fully saturated rings. The monoisotopic (exact) mass is 287 g/mol. The largest absolute Gasteiger partial charge is 0.466 e. The molecule has 108 valence electrons. The van der Waals surface area contributed by atoms with Crippen LogP contribution >= 0.6 is 0 Å². The van der Waals surface area contributed by atoms with Crippen molar-refractivity contribution in [2.75, 3.05) is 13.3 Å². The molecule has 0 bridgehead atoms. The van der Waals surface area contributed by atoms with Crippen molar-refractivity contribution in [2.45, 2.75) is 39.0 Å². The summed E-state index contributed by atoms with van der Waals surface area (Å²) in [4.78, 5) is 13.8. The van der Waals surface area contributed by atoms with Gasteiger partial charge in [-0.1, -0.05) is 0 Å². The van der Waals surface area contributed by atoms with E-state index in [1.165, 1.54) is 11.2 Å². The molecule has 1 aromatic heterocycles. The molecule has 0 saturated carbocycles. The number of amides is 1. The highest BCUT2D eigenvalue weighted by atomic mass is 32.2. The second-order valence-electron chi connectivity index (χ2n) is 5.02. The molecule has 1 aromatic rings. The van der Waals surface area contributed by atoms with Crippen molar-refractivity contribution in [1.82, 2.24) is 4.90 Å². The van der Waals surface area contributed by atoms with Crippen LogP contribution in [0.2, 0.25) is 0 Å². The van der Waals surface area contributed by atoms with Crippen LogP contribution in [0.4, 0.5) is 0 Å². The first-order valence-electron chi connectivity index (χ1n) is 6.08. The van der Waals surface area contributed by atoms with Crippen LogP contribution in [-0.2, 0) is 9.84 Å². The average Bonchev–Trinajstić information content (AvgIpc) is 2.63. The van der Waals surface area contributed by atoms with Crippen LogP contribution in [0.5, 0.6) is 0 Å². The summed E-state index contributed by atoms with van der Waals surface area (Å²) >= 11 is 0. The van der Waals surface area contributed by atoms with E-state index < -0.39 is 21.1 Å². The topological polar surface area (TPSA) is 67.6 Å². The minimum absolute atomic E-state index is 0.225. The molecule has 2 atom stereocenters. The lowest BCUT2D eigenvalue weighted by Gasteiger charge is -2.28. The van der Waals surface area contributed by atoms with Gasteiger partial charge in [0.25, 0.3) is 5.91 Å². The van der Waals surface area contributed by atoms with Crippen molar-refractivity contribution in [3.8, 4) is 0 Å². The zero-order valence-corrected chi connectivity index (χ0v) is 13.0. The van der Waals surface area contributed by atoms with Crippen molar-refractivity contribution in [3.63, 3.8) is 0 Å². The number of rotatable bonds is 4. The molecule has 0 aliphatic carbocycles. The number of nitrogens with zero attached hydrogens (tertiary/aromatic N) is 1. The van der Waals surface area contributed by atoms with Crippen LogP contribution in [0.25, 0.3) is 0 Å². The van der Waals surface area contributed by atoms with E-state index in [0.29, 0.717) is 17.1 Å². The zero-order valence-electron chi connectivity index (χ0n) is 12.2. The fourth-order valence-corrected chi connectivity index (χ4v) is 2.79. The third-order valence-corrected chi connectivity index (χ3v) is 5.30. The van der Waals surface area contributed by atoms with E-state index in [1.807, 2.05) is 0 Å². The molecular formula is C13H21NO4S. The molecule has 6 heteroatoms. The zero-order chi connectivity index (χ0) is 15.0. The van der Waals surface area contributed by atoms with Crippen molar-refractivity contribution in [1.29, 1.82) is 0 Å². The fourth-order valence-electron chi connectivity index (χ4n) is 1.89. The van der Waals surface area contributed by atoms with Gasteiger partial charge >= 0.3 is 0 Å². The Balaban J connectivity index is 2.98. The summed E-state index contributed by atoms with van der Waals surface area (Å²) in [6.45, 7) is 6.83. The van der Waals surface area contributed by atoms with Gasteiger partial charge in [0.1, 0.15) is 11.5 Å². The summed E-state index contributed by atoms with van der Waals surface area (Å²) in [5.74, 6) is 0.990. The Labute approximate surface area is 114 Å². The lowest BCUT2D eigenvalue weighted by atomic mass is 10.1. The molecule has 1 amide bonds. The molecule has 1 heterocycles. The molecule has 1 rings (SSSR count). The summed E-state index contributed by atoms with van der Waals surface area (Å²) in [7, 11) is -1.58. The Kier molecular flexibility index (Phi) is 4.45. The third-order valence-electron chi connectivity index (χ3n) is 3.56. The van der Waals surface area contributed by atoms with Crippen LogP contribution in [0, 0.1) is 13.8 Å². The maximum absolute atomic E-state index is 12.3. The van der Waals surface area contributed by atoms with E-state index in [9.17, 15) is 13.2 Å². The quantitative estimate of drug-likeness (QED) is 0.846. The lowest BCUT2D eigenvalue weighted by Crippen LogP contribution is -2.44. The van der Waals surface area contributed by atoms with Crippen molar-refractivity contribution in [3.05, 3.63) is 23.2 Å². The molecule has 0 radical (unpaired) electrons. The highest BCUT2D eigenvalue weighted by molar-refractivity contribution is 7.91. The number of aryl methyl sites for hydroxylation is 2. The Morgan fingerprint density at radius 1 is 1.32 bits per heavy atom. The molecule has 0 unspecified atom stereocenters. The van der Waals surface area contributed by atoms with Gasteiger partial charge in [0.05, 0.1) is 10.8 Å². The maximum Gasteiger partial charge on any atom is 0.257 e. The molecule has 0 spiro atoms. The smallest absolute Gasteiger partial charge is 0.257 e. The second-order valence-corrected chi connectivity index (χ2v) is 7.42. The van der Waals surface area contributed by atoms with E-state index in [-0.39, 0.29) is 5.91 Å². The summed E-state index contributed by atoms with van der Waals surface area (Å²) in [6, 6.07) is 1.27. The Morgan fingerprint density at radius 3 is 2.21 bits per heavy atom. The molecular weight excluding hydrogens is 266 g/mol. The Morgan fingerprint density at radius 2 is 1.84 bits per heavy atom. The van der Waals surface area contributed by atoms with Crippen LogP contribution in [0.3, 0.4) is 0 Å². The van der Waals surface area contributed by atoms with Gasteiger partial charge in [-0.15, -0.1) is 0 Å². The van der Waals surface area contributed by atoms with E-state index in [2.05, 4.69) is 0 Å². The summed E-state index contributed by atoms with van der Waals surface area (Å²) in [5.41, 5.74) is 0.479. The van der Waals surface area contributed by atoms with Crippen LogP contribution in [0.15, 0.2) is 10.5 Å². The lowest BCUT2D eigenvalue weighted by molar-refractivity contribution is 0.0741. The third kappa shape index (κ3) is 3.37. The highest BCUT2D eigenvalue weighted by Gasteiger charge is 2.29. The number of sulfone groups is 1. The van der Waals surface area contributed by atoms with Crippen molar-refractivity contribution in [2.24, 2.45) is 0 Å². The molecule has 5 nitrogen and oxygen atoms in total. The Bertz CT molecular complexity index is 573. The predicted molar refractivity (Wildman–Crippen MR) is 74.0 cm³/mol. The molecule has 0 aliphatic heterocycles. The average molecular weight is 287 g/mol. The predicted octanol–water partition coefficient (Wildman–Crippen LogP) is 1.79. The standard InChI is InChI=1S/C13H21NO4S/c1-8-7-12(10(3)18-8)13(15)14(5)9(2)11(4)19(6,16)17/h7,9,11H,1-6H3/t9-,11+/m0/s1.